The zero-order valence-corrected chi connectivity index (χ0v) is 12.3. The van der Waals surface area contributed by atoms with Crippen molar-refractivity contribution in [3.8, 4) is 5.75 Å². The summed E-state index contributed by atoms with van der Waals surface area (Å²) in [5.41, 5.74) is -1.26. The number of methoxy groups -OCH3 is 1. The zero-order chi connectivity index (χ0) is 15.3. The molecule has 1 N–H and O–H groups in total. The van der Waals surface area contributed by atoms with E-state index in [0.717, 1.165) is 10.7 Å². The summed E-state index contributed by atoms with van der Waals surface area (Å²) < 4.78 is 31.7. The summed E-state index contributed by atoms with van der Waals surface area (Å²) >= 11 is 0. The topological polar surface area (TPSA) is 96.8 Å². The largest absolute Gasteiger partial charge is 0.495 e. The first kappa shape index (κ1) is 14.3. The Morgan fingerprint density at radius 2 is 2.29 bits per heavy atom. The predicted molar refractivity (Wildman–Crippen MR) is 72.4 cm³/mol. The van der Waals surface area contributed by atoms with Crippen LogP contribution in [0.1, 0.15) is 19.3 Å². The van der Waals surface area contributed by atoms with Gasteiger partial charge in [0, 0.05) is 18.8 Å². The molecule has 1 saturated heterocycles. The van der Waals surface area contributed by atoms with E-state index in [1.807, 2.05) is 0 Å². The number of piperidine rings is 1. The second kappa shape index (κ2) is 4.67. The molecule has 3 rings (SSSR count). The monoisotopic (exact) mass is 312 g/mol. The van der Waals surface area contributed by atoms with Gasteiger partial charge >= 0.3 is 5.97 Å². The minimum atomic E-state index is -3.90. The van der Waals surface area contributed by atoms with Crippen LogP contribution in [0.3, 0.4) is 0 Å². The minimum absolute atomic E-state index is 0.0324. The van der Waals surface area contributed by atoms with Crippen molar-refractivity contribution < 1.29 is 23.1 Å². The van der Waals surface area contributed by atoms with Crippen LogP contribution in [0.2, 0.25) is 0 Å². The molecular formula is C13H16N2O5S. The number of rotatable bonds is 4. The molecule has 0 unspecified atom stereocenters. The van der Waals surface area contributed by atoms with E-state index in [1.165, 1.54) is 25.6 Å². The number of sulfonamides is 1. The minimum Gasteiger partial charge on any atom is -0.495 e. The van der Waals surface area contributed by atoms with Crippen molar-refractivity contribution in [3.63, 3.8) is 0 Å². The van der Waals surface area contributed by atoms with Crippen molar-refractivity contribution in [1.82, 2.24) is 9.29 Å². The molecule has 2 aliphatic rings. The van der Waals surface area contributed by atoms with Crippen LogP contribution in [0.5, 0.6) is 5.75 Å². The molecule has 0 amide bonds. The van der Waals surface area contributed by atoms with E-state index in [9.17, 15) is 18.3 Å². The lowest BCUT2D eigenvalue weighted by Crippen LogP contribution is -2.51. The first-order chi connectivity index (χ1) is 9.92. The molecule has 0 aromatic carbocycles. The van der Waals surface area contributed by atoms with Crippen molar-refractivity contribution in [3.05, 3.63) is 18.5 Å². The molecule has 1 aliphatic carbocycles. The van der Waals surface area contributed by atoms with Gasteiger partial charge in [-0.05, 0) is 25.2 Å². The summed E-state index contributed by atoms with van der Waals surface area (Å²) in [6.45, 7) is 0.225. The molecule has 1 aromatic heterocycles. The maximum Gasteiger partial charge on any atom is 0.325 e. The third-order valence-corrected chi connectivity index (χ3v) is 6.22. The first-order valence-corrected chi connectivity index (χ1v) is 8.12. The second-order valence-electron chi connectivity index (χ2n) is 5.41. The van der Waals surface area contributed by atoms with Gasteiger partial charge in [-0.3, -0.25) is 9.78 Å². The molecule has 2 heterocycles. The smallest absolute Gasteiger partial charge is 0.325 e. The van der Waals surface area contributed by atoms with Gasteiger partial charge in [0.25, 0.3) is 0 Å². The van der Waals surface area contributed by atoms with Gasteiger partial charge in [-0.1, -0.05) is 0 Å². The molecule has 2 atom stereocenters. The van der Waals surface area contributed by atoms with Gasteiger partial charge in [0.2, 0.25) is 10.0 Å². The fourth-order valence-corrected chi connectivity index (χ4v) is 4.94. The number of aliphatic carboxylic acids is 1. The van der Waals surface area contributed by atoms with Crippen LogP contribution in [0.25, 0.3) is 0 Å². The Hall–Kier alpha value is -1.67. The number of aromatic nitrogens is 1. The Bertz CT molecular complexity index is 690. The van der Waals surface area contributed by atoms with Crippen molar-refractivity contribution >= 4 is 16.0 Å². The number of hydrogen-bond acceptors (Lipinski definition) is 5. The van der Waals surface area contributed by atoms with Gasteiger partial charge in [-0.2, -0.15) is 4.31 Å². The predicted octanol–water partition coefficient (Wildman–Crippen LogP) is 0.718. The Labute approximate surface area is 122 Å². The molecule has 8 heteroatoms. The van der Waals surface area contributed by atoms with E-state index in [-0.39, 0.29) is 17.4 Å². The van der Waals surface area contributed by atoms with Crippen LogP contribution < -0.4 is 4.74 Å². The molecule has 0 radical (unpaired) electrons. The van der Waals surface area contributed by atoms with Crippen molar-refractivity contribution in [2.45, 2.75) is 29.7 Å². The summed E-state index contributed by atoms with van der Waals surface area (Å²) in [5.74, 6) is -0.825. The van der Waals surface area contributed by atoms with Crippen molar-refractivity contribution in [1.29, 1.82) is 0 Å². The Morgan fingerprint density at radius 1 is 1.52 bits per heavy atom. The number of nitrogens with zero attached hydrogens (tertiary/aromatic N) is 2. The summed E-state index contributed by atoms with van der Waals surface area (Å²) in [4.78, 5) is 15.4. The van der Waals surface area contributed by atoms with Crippen LogP contribution >= 0.6 is 0 Å². The van der Waals surface area contributed by atoms with Gasteiger partial charge in [0.15, 0.2) is 0 Å². The van der Waals surface area contributed by atoms with Crippen LogP contribution in [0.4, 0.5) is 0 Å². The highest BCUT2D eigenvalue weighted by atomic mass is 32.2. The average molecular weight is 312 g/mol. The van der Waals surface area contributed by atoms with E-state index in [4.69, 9.17) is 4.74 Å². The Kier molecular flexibility index (Phi) is 3.18. The van der Waals surface area contributed by atoms with E-state index >= 15 is 0 Å². The van der Waals surface area contributed by atoms with Crippen molar-refractivity contribution in [2.24, 2.45) is 5.92 Å². The van der Waals surface area contributed by atoms with Crippen LogP contribution in [-0.4, -0.2) is 48.0 Å². The summed E-state index contributed by atoms with van der Waals surface area (Å²) in [7, 11) is -2.47. The lowest BCUT2D eigenvalue weighted by molar-refractivity contribution is -0.144. The number of pyridine rings is 1. The van der Waals surface area contributed by atoms with E-state index in [1.54, 1.807) is 0 Å². The highest BCUT2D eigenvalue weighted by Gasteiger charge is 2.68. The second-order valence-corrected chi connectivity index (χ2v) is 7.27. The zero-order valence-electron chi connectivity index (χ0n) is 11.5. The van der Waals surface area contributed by atoms with E-state index in [2.05, 4.69) is 4.98 Å². The van der Waals surface area contributed by atoms with E-state index in [0.29, 0.717) is 18.6 Å². The molecule has 7 nitrogen and oxygen atoms in total. The van der Waals surface area contributed by atoms with E-state index < -0.39 is 21.5 Å². The molecule has 0 spiro atoms. The average Bonchev–Trinajstić information content (AvgIpc) is 3.23. The number of ether oxygens (including phenoxy) is 1. The van der Waals surface area contributed by atoms with Crippen LogP contribution in [0, 0.1) is 5.92 Å². The Morgan fingerprint density at radius 3 is 2.95 bits per heavy atom. The van der Waals surface area contributed by atoms with Crippen LogP contribution in [0.15, 0.2) is 23.4 Å². The summed E-state index contributed by atoms with van der Waals surface area (Å²) in [6.07, 6.45) is 4.45. The van der Waals surface area contributed by atoms with Gasteiger partial charge in [0.05, 0.1) is 13.3 Å². The maximum atomic E-state index is 12.8. The molecule has 21 heavy (non-hydrogen) atoms. The first-order valence-electron chi connectivity index (χ1n) is 6.68. The molecule has 114 valence electrons. The molecule has 0 bridgehead atoms. The molecule has 1 aromatic rings. The third-order valence-electron chi connectivity index (χ3n) is 4.31. The molecule has 2 fully saturated rings. The molecule has 1 saturated carbocycles. The van der Waals surface area contributed by atoms with Gasteiger partial charge in [-0.15, -0.1) is 0 Å². The fraction of sp³-hybridized carbons (Fsp3) is 0.538. The normalized spacial score (nSPS) is 28.7. The lowest BCUT2D eigenvalue weighted by Gasteiger charge is -2.32. The van der Waals surface area contributed by atoms with Gasteiger partial charge in [0.1, 0.15) is 16.2 Å². The number of carboxylic acids is 1. The standard InChI is InChI=1S/C13H16N2O5S/c1-20-10-5-11(8-14-7-10)21(18,19)15-4-2-3-9-6-13(9,15)12(16)17/h5,7-9H,2-4,6H2,1H3,(H,16,17)/t9-,13+/m1/s1. The summed E-state index contributed by atoms with van der Waals surface area (Å²) in [6, 6.07) is 1.36. The quantitative estimate of drug-likeness (QED) is 0.880. The summed E-state index contributed by atoms with van der Waals surface area (Å²) in [5, 5.41) is 9.47. The van der Waals surface area contributed by atoms with Gasteiger partial charge in [-0.25, -0.2) is 8.42 Å². The highest BCUT2D eigenvalue weighted by molar-refractivity contribution is 7.89. The third kappa shape index (κ3) is 2.01. The molecule has 1 aliphatic heterocycles. The number of fused-ring (bicyclic) bond motifs is 1. The number of carboxylic acid groups (broad SMARTS) is 1. The number of hydrogen-bond donors (Lipinski definition) is 1. The molecular weight excluding hydrogens is 296 g/mol. The number of carbonyl (C=O) groups is 1. The van der Waals surface area contributed by atoms with Crippen LogP contribution in [-0.2, 0) is 14.8 Å². The maximum absolute atomic E-state index is 12.8. The van der Waals surface area contributed by atoms with Gasteiger partial charge < -0.3 is 9.84 Å². The Balaban J connectivity index is 2.03. The highest BCUT2D eigenvalue weighted by Crippen LogP contribution is 2.55. The van der Waals surface area contributed by atoms with Crippen molar-refractivity contribution in [2.75, 3.05) is 13.7 Å². The lowest BCUT2D eigenvalue weighted by atomic mass is 10.1. The SMILES string of the molecule is COc1cncc(S(=O)(=O)N2CCC[C@@H]3C[C@@]32C(=O)O)c1. The fourth-order valence-electron chi connectivity index (χ4n) is 3.13.